The van der Waals surface area contributed by atoms with E-state index in [9.17, 15) is 83.3 Å². The summed E-state index contributed by atoms with van der Waals surface area (Å²) < 4.78 is 0. The monoisotopic (exact) mass is 1580 g/mol. The lowest BCUT2D eigenvalue weighted by Gasteiger charge is -2.28. The zero-order valence-electron chi connectivity index (χ0n) is 59.1. The number of guanidine groups is 1. The van der Waals surface area contributed by atoms with E-state index < -0.39 is 193 Å². The number of aromatic nitrogens is 4. The second-order valence-electron chi connectivity index (χ2n) is 24.6. The van der Waals surface area contributed by atoms with Crippen molar-refractivity contribution in [2.75, 3.05) is 44.0 Å². The first-order valence-corrected chi connectivity index (χ1v) is 37.8. The molecule has 0 saturated carbocycles. The average molecular weight is 1580 g/mol. The molecular formula is C66H91N21O19S3. The highest BCUT2D eigenvalue weighted by Crippen LogP contribution is 2.31. The number of carboxylic acid groups (broad SMARTS) is 2. The minimum atomic E-state index is -1.77. The van der Waals surface area contributed by atoms with Crippen molar-refractivity contribution in [2.24, 2.45) is 22.9 Å². The van der Waals surface area contributed by atoms with Gasteiger partial charge in [0.1, 0.15) is 77.9 Å². The van der Waals surface area contributed by atoms with Crippen LogP contribution in [0, 0.1) is 15.5 Å². The number of nitrogens with two attached hydrogens (primary N) is 4. The number of imidazole rings is 1. The lowest BCUT2D eigenvalue weighted by atomic mass is 10.0. The molecule has 5 aromatic rings. The van der Waals surface area contributed by atoms with Gasteiger partial charge in [-0.1, -0.05) is 41.1 Å². The largest absolute Gasteiger partial charge is 0.508 e. The summed E-state index contributed by atoms with van der Waals surface area (Å²) in [4.78, 5) is 204. The van der Waals surface area contributed by atoms with Gasteiger partial charge in [-0.3, -0.25) is 77.9 Å². The summed E-state index contributed by atoms with van der Waals surface area (Å²) in [5, 5.41) is 86.7. The number of aliphatic hydroxyl groups excluding tert-OH is 1. The number of nitrogens with one attached hydrogen (secondary N) is 14. The standard InChI is InChI=1S/C66H91N21O19S3/c1-107-24-21-41(68)56(95)85-50(32-88)64(103)83-48(26-36-28-74-42-8-3-2-7-40(36)42)62(101)84-49(27-37-29-72-34-77-37)63(102)86-51(33-108-109-53-19-13-38(30-75-53)87(105)106)65(104)79-43(9-4-5-22-67)58(97)78-44(10-6-23-73-66(70)71)59(98)82-47(25-35-11-14-39(89)15-12-35)61(100)81-46(16-18-52(69)90)60(99)80-45(17-20-54(91)92)57(96)76-31-55(93)94/h2-3,7-8,11-15,19,28-30,34,41,43-51,74,88-89H,4-6,9-10,16-18,20-27,31-33,67-68H2,1H3,(H2,69,90)(H,72,77)(H,76,96)(H,78,97)(H,79,104)(H,80,99)(H,81,100)(H,82,98)(H,83,103)(H,84,101)(H,85,95)(H,86,102)(H,91,92)(H,93,94)(H4,70,71,73)/t41-,43-,44-,45-,46-,47-,48-,49-,50-,51-/m0/s1. The maximum absolute atomic E-state index is 15.1. The van der Waals surface area contributed by atoms with Crippen LogP contribution in [0.1, 0.15) is 81.0 Å². The number of para-hydroxylation sites is 1. The molecule has 0 aliphatic carbocycles. The highest BCUT2D eigenvalue weighted by atomic mass is 33.1. The molecule has 0 spiro atoms. The number of amides is 11. The predicted molar refractivity (Wildman–Crippen MR) is 399 cm³/mol. The summed E-state index contributed by atoms with van der Waals surface area (Å²) in [5.74, 6) is -14.7. The fourth-order valence-corrected chi connectivity index (χ4v) is 13.0. The van der Waals surface area contributed by atoms with Crippen LogP contribution < -0.4 is 81.4 Å². The predicted octanol–water partition coefficient (Wildman–Crippen LogP) is -3.47. The number of carbonyl (C=O) groups is 13. The first-order chi connectivity index (χ1) is 52.0. The van der Waals surface area contributed by atoms with Crippen molar-refractivity contribution in [1.29, 1.82) is 5.41 Å². The van der Waals surface area contributed by atoms with Crippen LogP contribution in [-0.4, -0.2) is 233 Å². The molecule has 0 saturated heterocycles. The van der Waals surface area contributed by atoms with Gasteiger partial charge < -0.3 is 112 Å². The Morgan fingerprint density at radius 3 is 1.69 bits per heavy atom. The molecule has 5 rings (SSSR count). The number of fused-ring (bicyclic) bond motifs is 1. The van der Waals surface area contributed by atoms with Gasteiger partial charge in [0.15, 0.2) is 5.96 Å². The topological polar surface area (TPSA) is 664 Å². The number of hydrogen-bond acceptors (Lipinski definition) is 25. The molecular weight excluding hydrogens is 1490 g/mol. The number of aliphatic carboxylic acids is 2. The lowest BCUT2D eigenvalue weighted by molar-refractivity contribution is -0.385. The minimum Gasteiger partial charge on any atom is -0.508 e. The highest BCUT2D eigenvalue weighted by molar-refractivity contribution is 8.76. The SMILES string of the molecule is CSCC[C@H](N)C(=O)N[C@@H](CO)C(=O)N[C@@H](Cc1c[nH]c2ccccc12)C(=O)N[C@@H](Cc1c[nH]cn1)C(=O)N[C@@H](CSSc1ccc([N+](=O)[O-])cn1)C(=O)N[C@@H](CCCCN)C(=O)N[C@@H](CCCNC(=N)N)C(=O)N[C@@H](Cc1ccc(O)cc1)C(=O)N[C@@H](CCC(N)=O)C(=O)N[C@@H](CCC(=O)O)C(=O)NCC(=O)O. The van der Waals surface area contributed by atoms with Crippen molar-refractivity contribution in [1.82, 2.24) is 78.4 Å². The number of hydrogen-bond donors (Lipinski definition) is 22. The Kier molecular flexibility index (Phi) is 37.5. The highest BCUT2D eigenvalue weighted by Gasteiger charge is 2.37. The molecule has 109 heavy (non-hydrogen) atoms. The Bertz CT molecular complexity index is 3930. The van der Waals surface area contributed by atoms with Crippen molar-refractivity contribution in [2.45, 2.75) is 149 Å². The molecule has 26 N–H and O–H groups in total. The number of phenols is 1. The maximum Gasteiger partial charge on any atom is 0.322 e. The van der Waals surface area contributed by atoms with E-state index in [2.05, 4.69) is 73.1 Å². The van der Waals surface area contributed by atoms with Crippen LogP contribution in [0.4, 0.5) is 5.69 Å². The van der Waals surface area contributed by atoms with E-state index in [0.29, 0.717) is 27.8 Å². The summed E-state index contributed by atoms with van der Waals surface area (Å²) >= 11 is 1.43. The summed E-state index contributed by atoms with van der Waals surface area (Å²) in [5.41, 5.74) is 24.3. The van der Waals surface area contributed by atoms with Crippen molar-refractivity contribution in [3.8, 4) is 5.75 Å². The summed E-state index contributed by atoms with van der Waals surface area (Å²) in [6.07, 6.45) is 3.88. The zero-order chi connectivity index (χ0) is 80.1. The number of unbranched alkanes of at least 4 members (excludes halogenated alkanes) is 1. The van der Waals surface area contributed by atoms with Crippen LogP contribution in [-0.2, 0) is 81.6 Å². The number of thioether (sulfide) groups is 1. The van der Waals surface area contributed by atoms with Crippen LogP contribution in [0.25, 0.3) is 10.9 Å². The number of aromatic hydroxyl groups is 1. The number of rotatable bonds is 50. The van der Waals surface area contributed by atoms with E-state index in [1.54, 1.807) is 30.5 Å². The molecule has 592 valence electrons. The van der Waals surface area contributed by atoms with E-state index in [-0.39, 0.29) is 92.4 Å². The molecule has 10 atom stereocenters. The normalized spacial score (nSPS) is 13.8. The van der Waals surface area contributed by atoms with Gasteiger partial charge in [-0.25, -0.2) is 9.97 Å². The maximum atomic E-state index is 15.1. The first-order valence-electron chi connectivity index (χ1n) is 34.1. The Morgan fingerprint density at radius 2 is 1.14 bits per heavy atom. The molecule has 0 radical (unpaired) electrons. The van der Waals surface area contributed by atoms with Gasteiger partial charge in [0.25, 0.3) is 5.69 Å². The number of carbonyl (C=O) groups excluding carboxylic acids is 11. The Labute approximate surface area is 635 Å². The van der Waals surface area contributed by atoms with E-state index in [1.807, 2.05) is 11.6 Å². The van der Waals surface area contributed by atoms with E-state index in [0.717, 1.165) is 27.8 Å². The van der Waals surface area contributed by atoms with Crippen LogP contribution in [0.5, 0.6) is 5.75 Å². The molecule has 40 nitrogen and oxygen atoms in total. The number of primary amides is 1. The molecule has 43 heteroatoms. The number of nitro groups is 1. The third-order valence-corrected chi connectivity index (χ3v) is 19.2. The van der Waals surface area contributed by atoms with Crippen LogP contribution in [0.2, 0.25) is 0 Å². The summed E-state index contributed by atoms with van der Waals surface area (Å²) in [7, 11) is 1.86. The number of pyridine rings is 1. The fraction of sp³-hybridized carbons (Fsp3) is 0.455. The quantitative estimate of drug-likeness (QED) is 0.00449. The van der Waals surface area contributed by atoms with Crippen LogP contribution >= 0.6 is 33.3 Å². The minimum absolute atomic E-state index is 0.0245. The van der Waals surface area contributed by atoms with E-state index in [1.165, 1.54) is 60.7 Å². The molecule has 11 amide bonds. The van der Waals surface area contributed by atoms with Gasteiger partial charge in [-0.05, 0) is 116 Å². The molecule has 0 aliphatic rings. The molecule has 3 heterocycles. The first kappa shape index (κ1) is 88.5. The third-order valence-electron chi connectivity index (χ3n) is 16.3. The van der Waals surface area contributed by atoms with Crippen molar-refractivity contribution >= 4 is 133 Å². The van der Waals surface area contributed by atoms with Gasteiger partial charge in [0.2, 0.25) is 65.0 Å². The number of benzene rings is 2. The zero-order valence-corrected chi connectivity index (χ0v) is 61.5. The van der Waals surface area contributed by atoms with E-state index in [4.69, 9.17) is 28.3 Å². The summed E-state index contributed by atoms with van der Waals surface area (Å²) in [6, 6.07) is -1.12. The molecule has 0 aliphatic heterocycles. The fourth-order valence-electron chi connectivity index (χ4n) is 10.5. The van der Waals surface area contributed by atoms with Gasteiger partial charge in [0, 0.05) is 73.8 Å². The Morgan fingerprint density at radius 1 is 0.596 bits per heavy atom. The Hall–Kier alpha value is -11.1. The molecule has 3 aromatic heterocycles. The van der Waals surface area contributed by atoms with Gasteiger partial charge in [-0.2, -0.15) is 11.8 Å². The third kappa shape index (κ3) is 31.3. The number of phenolic OH excluding ortho intramolecular Hbond substituents is 1. The lowest BCUT2D eigenvalue weighted by Crippen LogP contribution is -2.61. The number of carboxylic acids is 2. The number of aromatic amines is 2. The number of nitrogens with zero attached hydrogens (tertiary/aromatic N) is 3. The molecule has 0 fully saturated rings. The number of H-pyrrole nitrogens is 2. The molecule has 0 unspecified atom stereocenters. The van der Waals surface area contributed by atoms with Gasteiger partial charge in [0.05, 0.1) is 29.6 Å². The van der Waals surface area contributed by atoms with Gasteiger partial charge >= 0.3 is 11.9 Å². The van der Waals surface area contributed by atoms with Crippen LogP contribution in [0.3, 0.4) is 0 Å². The van der Waals surface area contributed by atoms with Crippen molar-refractivity contribution < 1.29 is 87.7 Å². The van der Waals surface area contributed by atoms with Crippen molar-refractivity contribution in [3.63, 3.8) is 0 Å². The summed E-state index contributed by atoms with van der Waals surface area (Å²) in [6.45, 7) is -1.81. The second kappa shape index (κ2) is 46.2. The van der Waals surface area contributed by atoms with Gasteiger partial charge in [-0.15, -0.1) is 0 Å². The molecule has 0 bridgehead atoms. The molecule has 2 aromatic carbocycles. The average Bonchev–Trinajstić information content (AvgIpc) is 1.73. The Balaban J connectivity index is 1.52. The van der Waals surface area contributed by atoms with Crippen LogP contribution in [0.15, 0.2) is 90.6 Å². The second-order valence-corrected chi connectivity index (χ2v) is 28.0. The number of aliphatic hydroxyl groups is 1. The van der Waals surface area contributed by atoms with Crippen molar-refractivity contribution in [3.05, 3.63) is 113 Å². The van der Waals surface area contributed by atoms with E-state index >= 15 is 9.59 Å². The smallest absolute Gasteiger partial charge is 0.322 e.